The summed E-state index contributed by atoms with van der Waals surface area (Å²) in [6.07, 6.45) is 3.66. The van der Waals surface area contributed by atoms with Crippen LogP contribution in [0.2, 0.25) is 0 Å². The van der Waals surface area contributed by atoms with E-state index in [0.29, 0.717) is 0 Å². The van der Waals surface area contributed by atoms with Gasteiger partial charge in [-0.05, 0) is 24.5 Å². The zero-order valence-electron chi connectivity index (χ0n) is 10.1. The van der Waals surface area contributed by atoms with Gasteiger partial charge >= 0.3 is 0 Å². The third kappa shape index (κ3) is 1.01. The predicted octanol–water partition coefficient (Wildman–Crippen LogP) is 2.13. The van der Waals surface area contributed by atoms with Crippen LogP contribution >= 0.6 is 0 Å². The summed E-state index contributed by atoms with van der Waals surface area (Å²) in [5.74, 6) is 1.04. The lowest BCUT2D eigenvalue weighted by Gasteiger charge is -2.17. The summed E-state index contributed by atoms with van der Waals surface area (Å²) in [4.78, 5) is 14.5. The highest BCUT2D eigenvalue weighted by Gasteiger charge is 2.59. The summed E-state index contributed by atoms with van der Waals surface area (Å²) in [7, 11) is 1.86. The molecule has 0 N–H and O–H groups in total. The van der Waals surface area contributed by atoms with Gasteiger partial charge in [-0.3, -0.25) is 14.4 Å². The fourth-order valence-electron chi connectivity index (χ4n) is 2.93. The first-order valence-corrected chi connectivity index (χ1v) is 6.16. The number of rotatable bonds is 1. The highest BCUT2D eigenvalue weighted by molar-refractivity contribution is 6.14. The van der Waals surface area contributed by atoms with E-state index in [1.54, 1.807) is 10.9 Å². The first-order chi connectivity index (χ1) is 8.74. The third-order valence-electron chi connectivity index (χ3n) is 4.05. The molecule has 1 aromatic carbocycles. The average Bonchev–Trinajstić information content (AvgIpc) is 3.03. The van der Waals surface area contributed by atoms with Crippen LogP contribution in [0.3, 0.4) is 0 Å². The van der Waals surface area contributed by atoms with Crippen LogP contribution < -0.4 is 4.90 Å². The molecule has 1 amide bonds. The van der Waals surface area contributed by atoms with Crippen LogP contribution in [0, 0.1) is 0 Å². The number of benzene rings is 1. The number of nitrogens with zero attached hydrogens (tertiary/aromatic N) is 3. The van der Waals surface area contributed by atoms with Gasteiger partial charge in [0.25, 0.3) is 0 Å². The van der Waals surface area contributed by atoms with E-state index in [1.807, 2.05) is 36.2 Å². The molecule has 1 aliphatic heterocycles. The molecule has 4 nitrogen and oxygen atoms in total. The second-order valence-corrected chi connectivity index (χ2v) is 5.05. The lowest BCUT2D eigenvalue weighted by Crippen LogP contribution is -2.29. The molecule has 0 bridgehead atoms. The molecule has 1 saturated carbocycles. The van der Waals surface area contributed by atoms with Crippen molar-refractivity contribution in [3.8, 4) is 0 Å². The monoisotopic (exact) mass is 239 g/mol. The normalized spacial score (nSPS) is 19.4. The van der Waals surface area contributed by atoms with Gasteiger partial charge < -0.3 is 0 Å². The van der Waals surface area contributed by atoms with Gasteiger partial charge in [0.1, 0.15) is 5.82 Å². The van der Waals surface area contributed by atoms with Crippen molar-refractivity contribution in [3.05, 3.63) is 42.1 Å². The molecule has 1 fully saturated rings. The van der Waals surface area contributed by atoms with Crippen LogP contribution in [0.15, 0.2) is 36.5 Å². The zero-order valence-corrected chi connectivity index (χ0v) is 10.1. The molecule has 4 rings (SSSR count). The topological polar surface area (TPSA) is 38.1 Å². The number of fused-ring (bicyclic) bond motifs is 2. The number of para-hydroxylation sites is 1. The number of anilines is 2. The van der Waals surface area contributed by atoms with E-state index >= 15 is 0 Å². The Hall–Kier alpha value is -2.10. The number of hydrogen-bond acceptors (Lipinski definition) is 2. The molecule has 0 radical (unpaired) electrons. The molecule has 4 heteroatoms. The van der Waals surface area contributed by atoms with Gasteiger partial charge in [0.15, 0.2) is 0 Å². The Kier molecular flexibility index (Phi) is 1.66. The molecular weight excluding hydrogens is 226 g/mol. The molecule has 1 spiro atoms. The quantitative estimate of drug-likeness (QED) is 0.764. The summed E-state index contributed by atoms with van der Waals surface area (Å²) in [5, 5.41) is 4.16. The van der Waals surface area contributed by atoms with E-state index < -0.39 is 0 Å². The Morgan fingerprint density at radius 2 is 2.00 bits per heavy atom. The third-order valence-corrected chi connectivity index (χ3v) is 4.05. The Labute approximate surface area is 105 Å². The molecule has 90 valence electrons. The summed E-state index contributed by atoms with van der Waals surface area (Å²) in [6, 6.07) is 9.98. The van der Waals surface area contributed by atoms with Gasteiger partial charge in [0.2, 0.25) is 5.91 Å². The molecule has 1 aliphatic carbocycles. The summed E-state index contributed by atoms with van der Waals surface area (Å²) < 4.78 is 1.75. The fraction of sp³-hybridized carbons (Fsp3) is 0.286. The number of carbonyl (C=O) groups excluding carboxylic acids is 1. The van der Waals surface area contributed by atoms with Crippen LogP contribution in [0.4, 0.5) is 11.5 Å². The molecular formula is C14H13N3O. The van der Waals surface area contributed by atoms with Gasteiger partial charge in [-0.25, -0.2) is 0 Å². The van der Waals surface area contributed by atoms with E-state index in [0.717, 1.165) is 24.3 Å². The Morgan fingerprint density at radius 3 is 2.67 bits per heavy atom. The van der Waals surface area contributed by atoms with E-state index in [-0.39, 0.29) is 11.3 Å². The van der Waals surface area contributed by atoms with E-state index in [9.17, 15) is 4.79 Å². The number of aryl methyl sites for hydroxylation is 1. The maximum atomic E-state index is 12.7. The highest BCUT2D eigenvalue weighted by atomic mass is 16.2. The lowest BCUT2D eigenvalue weighted by atomic mass is 9.98. The van der Waals surface area contributed by atoms with Gasteiger partial charge in [-0.2, -0.15) is 5.10 Å². The highest BCUT2D eigenvalue weighted by Crippen LogP contribution is 2.58. The van der Waals surface area contributed by atoms with Crippen molar-refractivity contribution >= 4 is 17.4 Å². The average molecular weight is 239 g/mol. The maximum absolute atomic E-state index is 12.7. The Balaban J connectivity index is 1.96. The van der Waals surface area contributed by atoms with Crippen molar-refractivity contribution in [1.82, 2.24) is 9.78 Å². The Bertz CT molecular complexity index is 655. The molecule has 0 unspecified atom stereocenters. The molecule has 2 aliphatic rings. The minimum absolute atomic E-state index is 0.201. The first kappa shape index (κ1) is 9.88. The largest absolute Gasteiger partial charge is 0.273 e. The van der Waals surface area contributed by atoms with Crippen molar-refractivity contribution < 1.29 is 4.79 Å². The van der Waals surface area contributed by atoms with Crippen LogP contribution in [-0.4, -0.2) is 15.7 Å². The van der Waals surface area contributed by atoms with Crippen molar-refractivity contribution in [1.29, 1.82) is 0 Å². The van der Waals surface area contributed by atoms with Crippen LogP contribution in [0.5, 0.6) is 0 Å². The minimum Gasteiger partial charge on any atom is -0.273 e. The fourth-order valence-corrected chi connectivity index (χ4v) is 2.93. The molecule has 0 atom stereocenters. The van der Waals surface area contributed by atoms with Crippen molar-refractivity contribution in [2.75, 3.05) is 4.90 Å². The van der Waals surface area contributed by atoms with Crippen LogP contribution in [-0.2, 0) is 17.3 Å². The smallest absolute Gasteiger partial charge is 0.243 e. The Morgan fingerprint density at radius 1 is 1.22 bits per heavy atom. The molecule has 1 aromatic heterocycles. The SMILES string of the molecule is Cn1nccc1N1C(=O)C2(CC2)c2ccccc21. The maximum Gasteiger partial charge on any atom is 0.243 e. The van der Waals surface area contributed by atoms with Gasteiger partial charge in [0, 0.05) is 13.1 Å². The van der Waals surface area contributed by atoms with Crippen molar-refractivity contribution in [3.63, 3.8) is 0 Å². The number of carbonyl (C=O) groups is 1. The second kappa shape index (κ2) is 3.02. The van der Waals surface area contributed by atoms with Crippen molar-refractivity contribution in [2.24, 2.45) is 7.05 Å². The van der Waals surface area contributed by atoms with Gasteiger partial charge in [-0.15, -0.1) is 0 Å². The lowest BCUT2D eigenvalue weighted by molar-refractivity contribution is -0.119. The summed E-state index contributed by atoms with van der Waals surface area (Å²) in [5.41, 5.74) is 1.96. The predicted molar refractivity (Wildman–Crippen MR) is 67.7 cm³/mol. The van der Waals surface area contributed by atoms with Gasteiger partial charge in [-0.1, -0.05) is 18.2 Å². The zero-order chi connectivity index (χ0) is 12.3. The van der Waals surface area contributed by atoms with Crippen LogP contribution in [0.1, 0.15) is 18.4 Å². The minimum atomic E-state index is -0.235. The standard InChI is InChI=1S/C14H13N3O/c1-16-12(6-9-15-16)17-11-5-3-2-4-10(11)14(7-8-14)13(17)18/h2-6,9H,7-8H2,1H3. The number of aromatic nitrogens is 2. The first-order valence-electron chi connectivity index (χ1n) is 6.16. The van der Waals surface area contributed by atoms with Gasteiger partial charge in [0.05, 0.1) is 17.3 Å². The summed E-state index contributed by atoms with van der Waals surface area (Å²) in [6.45, 7) is 0. The number of amides is 1. The molecule has 2 aromatic rings. The number of hydrogen-bond donors (Lipinski definition) is 0. The molecule has 2 heterocycles. The van der Waals surface area contributed by atoms with E-state index in [2.05, 4.69) is 11.2 Å². The molecule has 18 heavy (non-hydrogen) atoms. The van der Waals surface area contributed by atoms with E-state index in [4.69, 9.17) is 0 Å². The van der Waals surface area contributed by atoms with E-state index in [1.165, 1.54) is 5.56 Å². The summed E-state index contributed by atoms with van der Waals surface area (Å²) >= 11 is 0. The van der Waals surface area contributed by atoms with Crippen molar-refractivity contribution in [2.45, 2.75) is 18.3 Å². The van der Waals surface area contributed by atoms with Crippen LogP contribution in [0.25, 0.3) is 0 Å². The second-order valence-electron chi connectivity index (χ2n) is 5.05. The molecule has 0 saturated heterocycles.